The summed E-state index contributed by atoms with van der Waals surface area (Å²) < 4.78 is 64.0. The molecule has 0 aliphatic carbocycles. The first-order chi connectivity index (χ1) is 12.6. The summed E-state index contributed by atoms with van der Waals surface area (Å²) in [5.74, 6) is -0.344. The summed E-state index contributed by atoms with van der Waals surface area (Å²) in [4.78, 5) is 17.1. The lowest BCUT2D eigenvalue weighted by molar-refractivity contribution is -0.137. The van der Waals surface area contributed by atoms with Gasteiger partial charge in [-0.05, 0) is 29.8 Å². The monoisotopic (exact) mass is 401 g/mol. The number of aromatic nitrogens is 1. The first kappa shape index (κ1) is 20.8. The van der Waals surface area contributed by atoms with Crippen molar-refractivity contribution >= 4 is 15.9 Å². The number of halogens is 3. The summed E-state index contributed by atoms with van der Waals surface area (Å²) in [6.45, 7) is 0.0136. The highest BCUT2D eigenvalue weighted by Crippen LogP contribution is 2.29. The zero-order chi connectivity index (χ0) is 20.1. The fourth-order valence-corrected chi connectivity index (χ4v) is 3.23. The SMILES string of the molecule is CN(Cc1ccc(C(F)(F)F)cc1)C(=O)CCNS(=O)(=O)c1cccnc1. The van der Waals surface area contributed by atoms with Gasteiger partial charge < -0.3 is 4.90 Å². The van der Waals surface area contributed by atoms with Crippen LogP contribution >= 0.6 is 0 Å². The lowest BCUT2D eigenvalue weighted by atomic mass is 10.1. The molecular formula is C17H18F3N3O3S. The standard InChI is InChI=1S/C17H18F3N3O3S/c1-23(12-13-4-6-14(7-5-13)17(18,19)20)16(24)8-10-22-27(25,26)15-3-2-9-21-11-15/h2-7,9,11,22H,8,10,12H2,1H3. The number of pyridine rings is 1. The van der Waals surface area contributed by atoms with Gasteiger partial charge in [0.25, 0.3) is 0 Å². The molecule has 27 heavy (non-hydrogen) atoms. The molecule has 0 aliphatic rings. The number of sulfonamides is 1. The molecule has 6 nitrogen and oxygen atoms in total. The molecule has 0 saturated carbocycles. The molecule has 0 atom stereocenters. The Labute approximate surface area is 155 Å². The largest absolute Gasteiger partial charge is 0.416 e. The summed E-state index contributed by atoms with van der Waals surface area (Å²) in [7, 11) is -2.25. The van der Waals surface area contributed by atoms with Gasteiger partial charge in [-0.15, -0.1) is 0 Å². The summed E-state index contributed by atoms with van der Waals surface area (Å²) in [5, 5.41) is 0. The van der Waals surface area contributed by atoms with E-state index in [1.54, 1.807) is 0 Å². The molecule has 2 aromatic rings. The number of hydrogen-bond donors (Lipinski definition) is 1. The van der Waals surface area contributed by atoms with Gasteiger partial charge in [-0.25, -0.2) is 13.1 Å². The van der Waals surface area contributed by atoms with E-state index < -0.39 is 21.8 Å². The van der Waals surface area contributed by atoms with E-state index in [1.165, 1.54) is 48.6 Å². The van der Waals surface area contributed by atoms with Crippen LogP contribution in [-0.2, 0) is 27.5 Å². The van der Waals surface area contributed by atoms with Gasteiger partial charge in [0.2, 0.25) is 15.9 Å². The Morgan fingerprint density at radius 3 is 2.41 bits per heavy atom. The number of hydrogen-bond acceptors (Lipinski definition) is 4. The fraction of sp³-hybridized carbons (Fsp3) is 0.294. The van der Waals surface area contributed by atoms with Crippen molar-refractivity contribution in [1.82, 2.24) is 14.6 Å². The number of nitrogens with zero attached hydrogens (tertiary/aromatic N) is 2. The van der Waals surface area contributed by atoms with Crippen LogP contribution in [0.25, 0.3) is 0 Å². The number of rotatable bonds is 7. The lowest BCUT2D eigenvalue weighted by Crippen LogP contribution is -2.32. The van der Waals surface area contributed by atoms with Gasteiger partial charge in [0.15, 0.2) is 0 Å². The summed E-state index contributed by atoms with van der Waals surface area (Å²) in [6.07, 6.45) is -1.86. The summed E-state index contributed by atoms with van der Waals surface area (Å²) in [5.41, 5.74) is -0.222. The molecule has 0 unspecified atom stereocenters. The average Bonchev–Trinajstić information content (AvgIpc) is 2.62. The van der Waals surface area contributed by atoms with Gasteiger partial charge in [-0.2, -0.15) is 13.2 Å². The molecule has 1 aromatic carbocycles. The Morgan fingerprint density at radius 2 is 1.85 bits per heavy atom. The van der Waals surface area contributed by atoms with Gasteiger partial charge in [0.1, 0.15) is 4.90 Å². The number of benzene rings is 1. The molecule has 0 radical (unpaired) electrons. The first-order valence-electron chi connectivity index (χ1n) is 7.89. The second-order valence-corrected chi connectivity index (χ2v) is 7.55. The van der Waals surface area contributed by atoms with E-state index in [0.29, 0.717) is 5.56 Å². The number of carbonyl (C=O) groups excluding carboxylic acids is 1. The van der Waals surface area contributed by atoms with E-state index in [1.807, 2.05) is 0 Å². The predicted molar refractivity (Wildman–Crippen MR) is 92.0 cm³/mol. The molecule has 1 N–H and O–H groups in total. The van der Waals surface area contributed by atoms with Gasteiger partial charge in [-0.3, -0.25) is 9.78 Å². The quantitative estimate of drug-likeness (QED) is 0.773. The number of amides is 1. The Morgan fingerprint density at radius 1 is 1.19 bits per heavy atom. The number of alkyl halides is 3. The topological polar surface area (TPSA) is 79.4 Å². The molecule has 0 bridgehead atoms. The lowest BCUT2D eigenvalue weighted by Gasteiger charge is -2.18. The zero-order valence-corrected chi connectivity index (χ0v) is 15.2. The predicted octanol–water partition coefficient (Wildman–Crippen LogP) is 2.43. The van der Waals surface area contributed by atoms with E-state index in [4.69, 9.17) is 0 Å². The third kappa shape index (κ3) is 6.04. The molecular weight excluding hydrogens is 383 g/mol. The summed E-state index contributed by atoms with van der Waals surface area (Å²) in [6, 6.07) is 7.38. The molecule has 1 amide bonds. The minimum absolute atomic E-state index is 0.00411. The minimum Gasteiger partial charge on any atom is -0.341 e. The van der Waals surface area contributed by atoms with Gasteiger partial charge in [0, 0.05) is 39.0 Å². The Kier molecular flexibility index (Phi) is 6.55. The molecule has 2 rings (SSSR count). The summed E-state index contributed by atoms with van der Waals surface area (Å²) >= 11 is 0. The molecule has 0 aliphatic heterocycles. The van der Waals surface area contributed by atoms with Crippen molar-refractivity contribution in [3.8, 4) is 0 Å². The molecule has 1 aromatic heterocycles. The maximum Gasteiger partial charge on any atom is 0.416 e. The highest BCUT2D eigenvalue weighted by molar-refractivity contribution is 7.89. The van der Waals surface area contributed by atoms with Crippen molar-refractivity contribution in [2.24, 2.45) is 0 Å². The zero-order valence-electron chi connectivity index (χ0n) is 14.4. The molecule has 1 heterocycles. The van der Waals surface area contributed by atoms with Crippen LogP contribution < -0.4 is 4.72 Å². The van der Waals surface area contributed by atoms with Crippen molar-refractivity contribution in [3.63, 3.8) is 0 Å². The molecule has 10 heteroatoms. The minimum atomic E-state index is -4.41. The normalized spacial score (nSPS) is 12.0. The number of nitrogens with one attached hydrogen (secondary N) is 1. The fourth-order valence-electron chi connectivity index (χ4n) is 2.23. The third-order valence-corrected chi connectivity index (χ3v) is 5.15. The van der Waals surface area contributed by atoms with Crippen molar-refractivity contribution < 1.29 is 26.4 Å². The van der Waals surface area contributed by atoms with Crippen LogP contribution in [0.2, 0.25) is 0 Å². The maximum absolute atomic E-state index is 12.5. The maximum atomic E-state index is 12.5. The molecule has 146 valence electrons. The van der Waals surface area contributed by atoms with Crippen LogP contribution in [0, 0.1) is 0 Å². The molecule has 0 fully saturated rings. The number of carbonyl (C=O) groups is 1. The Balaban J connectivity index is 1.85. The van der Waals surface area contributed by atoms with Crippen LogP contribution in [0.15, 0.2) is 53.7 Å². The second kappa shape index (κ2) is 8.49. The van der Waals surface area contributed by atoms with E-state index in [0.717, 1.165) is 12.1 Å². The van der Waals surface area contributed by atoms with Crippen LogP contribution in [0.1, 0.15) is 17.5 Å². The van der Waals surface area contributed by atoms with E-state index in [2.05, 4.69) is 9.71 Å². The van der Waals surface area contributed by atoms with Gasteiger partial charge in [-0.1, -0.05) is 12.1 Å². The Bertz CT molecular complexity index is 870. The average molecular weight is 401 g/mol. The van der Waals surface area contributed by atoms with E-state index >= 15 is 0 Å². The van der Waals surface area contributed by atoms with E-state index in [9.17, 15) is 26.4 Å². The van der Waals surface area contributed by atoms with Crippen LogP contribution in [-0.4, -0.2) is 37.8 Å². The van der Waals surface area contributed by atoms with Crippen LogP contribution in [0.4, 0.5) is 13.2 Å². The highest BCUT2D eigenvalue weighted by Gasteiger charge is 2.30. The highest BCUT2D eigenvalue weighted by atomic mass is 32.2. The van der Waals surface area contributed by atoms with Crippen molar-refractivity contribution in [2.75, 3.05) is 13.6 Å². The third-order valence-electron chi connectivity index (χ3n) is 3.70. The van der Waals surface area contributed by atoms with Crippen LogP contribution in [0.3, 0.4) is 0 Å². The molecule has 0 saturated heterocycles. The van der Waals surface area contributed by atoms with Crippen molar-refractivity contribution in [1.29, 1.82) is 0 Å². The van der Waals surface area contributed by atoms with E-state index in [-0.39, 0.29) is 30.3 Å². The van der Waals surface area contributed by atoms with Gasteiger partial charge in [0.05, 0.1) is 5.56 Å². The van der Waals surface area contributed by atoms with Crippen molar-refractivity contribution in [3.05, 3.63) is 59.9 Å². The second-order valence-electron chi connectivity index (χ2n) is 5.78. The molecule has 0 spiro atoms. The van der Waals surface area contributed by atoms with Crippen molar-refractivity contribution in [2.45, 2.75) is 24.0 Å². The first-order valence-corrected chi connectivity index (χ1v) is 9.38. The van der Waals surface area contributed by atoms with Gasteiger partial charge >= 0.3 is 6.18 Å². The van der Waals surface area contributed by atoms with Crippen LogP contribution in [0.5, 0.6) is 0 Å². The smallest absolute Gasteiger partial charge is 0.341 e. The Hall–Kier alpha value is -2.46.